The van der Waals surface area contributed by atoms with Crippen molar-refractivity contribution in [3.63, 3.8) is 0 Å². The normalized spacial score (nSPS) is 13.7. The molecule has 2 N–H and O–H groups in total. The van der Waals surface area contributed by atoms with Crippen molar-refractivity contribution in [2.24, 2.45) is 0 Å². The van der Waals surface area contributed by atoms with Crippen LogP contribution in [0.1, 0.15) is 23.0 Å². The molecule has 3 aromatic rings. The first-order chi connectivity index (χ1) is 13.6. The number of para-hydroxylation sites is 1. The van der Waals surface area contributed by atoms with E-state index >= 15 is 0 Å². The largest absolute Gasteiger partial charge is 0.459 e. The van der Waals surface area contributed by atoms with Gasteiger partial charge in [-0.3, -0.25) is 9.59 Å². The molecule has 0 saturated carbocycles. The minimum Gasteiger partial charge on any atom is -0.459 e. The van der Waals surface area contributed by atoms with E-state index in [2.05, 4.69) is 16.7 Å². The van der Waals surface area contributed by atoms with Crippen LogP contribution in [0.3, 0.4) is 0 Å². The van der Waals surface area contributed by atoms with Crippen LogP contribution in [0.25, 0.3) is 0 Å². The van der Waals surface area contributed by atoms with Crippen molar-refractivity contribution < 1.29 is 14.0 Å². The van der Waals surface area contributed by atoms with Gasteiger partial charge in [-0.1, -0.05) is 18.2 Å². The van der Waals surface area contributed by atoms with E-state index in [4.69, 9.17) is 4.42 Å². The number of hydrogen-bond acceptors (Lipinski definition) is 4. The predicted molar refractivity (Wildman–Crippen MR) is 109 cm³/mol. The summed E-state index contributed by atoms with van der Waals surface area (Å²) in [5, 5.41) is 6.00. The molecule has 1 atom stereocenters. The fourth-order valence-corrected chi connectivity index (χ4v) is 3.36. The average molecular weight is 375 g/mol. The highest BCUT2D eigenvalue weighted by Gasteiger charge is 2.27. The Labute approximate surface area is 163 Å². The number of carbonyl (C=O) groups excluding carboxylic acids is 2. The molecule has 1 aromatic heterocycles. The van der Waals surface area contributed by atoms with Crippen LogP contribution in [0.5, 0.6) is 0 Å². The Bertz CT molecular complexity index is 981. The minimum absolute atomic E-state index is 0.0418. The summed E-state index contributed by atoms with van der Waals surface area (Å²) in [6.07, 6.45) is 2.35. The van der Waals surface area contributed by atoms with Crippen LogP contribution in [0, 0.1) is 0 Å². The van der Waals surface area contributed by atoms with Gasteiger partial charge in [-0.2, -0.15) is 0 Å². The summed E-state index contributed by atoms with van der Waals surface area (Å²) in [6.45, 7) is 2.57. The fraction of sp³-hybridized carbons (Fsp3) is 0.182. The van der Waals surface area contributed by atoms with E-state index < -0.39 is 0 Å². The second kappa shape index (κ2) is 7.60. The molecule has 1 aliphatic rings. The van der Waals surface area contributed by atoms with E-state index in [1.54, 1.807) is 24.3 Å². The zero-order valence-corrected chi connectivity index (χ0v) is 15.5. The van der Waals surface area contributed by atoms with E-state index in [0.717, 1.165) is 17.8 Å². The standard InChI is InChI=1S/C22H21N3O3/c1-15(22(27)25-13-12-16-5-2-3-6-19(16)25)23-17-8-10-18(11-9-17)24-21(26)20-7-4-14-28-20/h2-11,14-15,23H,12-13H2,1H3,(H,24,26). The Balaban J connectivity index is 1.38. The van der Waals surface area contributed by atoms with Crippen LogP contribution >= 0.6 is 0 Å². The molecule has 0 aliphatic carbocycles. The second-order valence-electron chi connectivity index (χ2n) is 6.74. The van der Waals surface area contributed by atoms with Gasteiger partial charge in [-0.25, -0.2) is 0 Å². The van der Waals surface area contributed by atoms with E-state index in [0.29, 0.717) is 12.2 Å². The van der Waals surface area contributed by atoms with Gasteiger partial charge in [-0.15, -0.1) is 0 Å². The smallest absolute Gasteiger partial charge is 0.291 e. The fourth-order valence-electron chi connectivity index (χ4n) is 3.36. The van der Waals surface area contributed by atoms with Crippen molar-refractivity contribution in [2.75, 3.05) is 22.1 Å². The summed E-state index contributed by atoms with van der Waals surface area (Å²) < 4.78 is 5.08. The van der Waals surface area contributed by atoms with Gasteiger partial charge >= 0.3 is 0 Å². The van der Waals surface area contributed by atoms with Crippen LogP contribution < -0.4 is 15.5 Å². The van der Waals surface area contributed by atoms with Gasteiger partial charge in [0.25, 0.3) is 5.91 Å². The highest BCUT2D eigenvalue weighted by atomic mass is 16.3. The van der Waals surface area contributed by atoms with Crippen LogP contribution in [0.15, 0.2) is 71.3 Å². The number of furan rings is 1. The third-order valence-corrected chi connectivity index (χ3v) is 4.79. The third kappa shape index (κ3) is 3.62. The Hall–Kier alpha value is -3.54. The maximum atomic E-state index is 12.9. The van der Waals surface area contributed by atoms with Crippen molar-refractivity contribution in [3.8, 4) is 0 Å². The molecule has 142 valence electrons. The highest BCUT2D eigenvalue weighted by Crippen LogP contribution is 2.28. The van der Waals surface area contributed by atoms with Crippen LogP contribution in [-0.2, 0) is 11.2 Å². The molecule has 4 rings (SSSR count). The molecule has 6 heteroatoms. The maximum absolute atomic E-state index is 12.9. The number of amides is 2. The van der Waals surface area contributed by atoms with E-state index in [1.807, 2.05) is 42.2 Å². The summed E-state index contributed by atoms with van der Waals surface area (Å²) in [5.41, 5.74) is 3.67. The first-order valence-corrected chi connectivity index (χ1v) is 9.22. The van der Waals surface area contributed by atoms with Crippen molar-refractivity contribution in [1.82, 2.24) is 0 Å². The Kier molecular flexibility index (Phi) is 4.85. The molecular formula is C22H21N3O3. The van der Waals surface area contributed by atoms with Gasteiger partial charge in [0.1, 0.15) is 6.04 Å². The number of carbonyl (C=O) groups is 2. The number of fused-ring (bicyclic) bond motifs is 1. The number of anilines is 3. The summed E-state index contributed by atoms with van der Waals surface area (Å²) in [6, 6.07) is 18.2. The predicted octanol–water partition coefficient (Wildman–Crippen LogP) is 3.92. The van der Waals surface area contributed by atoms with E-state index in [-0.39, 0.29) is 23.6 Å². The summed E-state index contributed by atoms with van der Waals surface area (Å²) >= 11 is 0. The van der Waals surface area contributed by atoms with Gasteiger partial charge < -0.3 is 20.0 Å². The highest BCUT2D eigenvalue weighted by molar-refractivity contribution is 6.02. The zero-order valence-electron chi connectivity index (χ0n) is 15.5. The van der Waals surface area contributed by atoms with Crippen molar-refractivity contribution in [3.05, 3.63) is 78.3 Å². The third-order valence-electron chi connectivity index (χ3n) is 4.79. The van der Waals surface area contributed by atoms with Gasteiger partial charge in [0.15, 0.2) is 5.76 Å². The molecular weight excluding hydrogens is 354 g/mol. The quantitative estimate of drug-likeness (QED) is 0.709. The lowest BCUT2D eigenvalue weighted by molar-refractivity contribution is -0.118. The van der Waals surface area contributed by atoms with Crippen molar-refractivity contribution in [1.29, 1.82) is 0 Å². The number of hydrogen-bond donors (Lipinski definition) is 2. The Morgan fingerprint density at radius 3 is 2.50 bits per heavy atom. The topological polar surface area (TPSA) is 74.6 Å². The lowest BCUT2D eigenvalue weighted by atomic mass is 10.2. The molecule has 28 heavy (non-hydrogen) atoms. The lowest BCUT2D eigenvalue weighted by Gasteiger charge is -2.23. The lowest BCUT2D eigenvalue weighted by Crippen LogP contribution is -2.40. The van der Waals surface area contributed by atoms with E-state index in [1.165, 1.54) is 11.8 Å². The number of nitrogens with one attached hydrogen (secondary N) is 2. The molecule has 0 radical (unpaired) electrons. The van der Waals surface area contributed by atoms with Gasteiger partial charge in [0.05, 0.1) is 6.26 Å². The first kappa shape index (κ1) is 17.9. The zero-order chi connectivity index (χ0) is 19.5. The average Bonchev–Trinajstić information content (AvgIpc) is 3.39. The Morgan fingerprint density at radius 2 is 1.75 bits per heavy atom. The van der Waals surface area contributed by atoms with Crippen molar-refractivity contribution in [2.45, 2.75) is 19.4 Å². The van der Waals surface area contributed by atoms with Crippen LogP contribution in [0.4, 0.5) is 17.1 Å². The van der Waals surface area contributed by atoms with E-state index in [9.17, 15) is 9.59 Å². The molecule has 6 nitrogen and oxygen atoms in total. The van der Waals surface area contributed by atoms with Crippen LogP contribution in [-0.4, -0.2) is 24.4 Å². The monoisotopic (exact) mass is 375 g/mol. The molecule has 0 spiro atoms. The van der Waals surface area contributed by atoms with Gasteiger partial charge in [0, 0.05) is 23.6 Å². The summed E-state index contributed by atoms with van der Waals surface area (Å²) in [4.78, 5) is 26.7. The number of rotatable bonds is 5. The minimum atomic E-state index is -0.366. The van der Waals surface area contributed by atoms with Gasteiger partial charge in [0.2, 0.25) is 5.91 Å². The SMILES string of the molecule is CC(Nc1ccc(NC(=O)c2ccco2)cc1)C(=O)N1CCc2ccccc21. The molecule has 0 bridgehead atoms. The molecule has 2 heterocycles. The van der Waals surface area contributed by atoms with Crippen molar-refractivity contribution >= 4 is 28.9 Å². The van der Waals surface area contributed by atoms with Crippen LogP contribution in [0.2, 0.25) is 0 Å². The maximum Gasteiger partial charge on any atom is 0.291 e. The number of nitrogens with zero attached hydrogens (tertiary/aromatic N) is 1. The summed E-state index contributed by atoms with van der Waals surface area (Å²) in [5.74, 6) is -0.00517. The number of benzene rings is 2. The first-order valence-electron chi connectivity index (χ1n) is 9.22. The summed E-state index contributed by atoms with van der Waals surface area (Å²) in [7, 11) is 0. The molecule has 1 aliphatic heterocycles. The molecule has 1 unspecified atom stereocenters. The molecule has 0 fully saturated rings. The second-order valence-corrected chi connectivity index (χ2v) is 6.74. The molecule has 2 amide bonds. The Morgan fingerprint density at radius 1 is 1.00 bits per heavy atom. The molecule has 2 aromatic carbocycles. The van der Waals surface area contributed by atoms with Gasteiger partial charge in [-0.05, 0) is 61.4 Å². The molecule has 0 saturated heterocycles.